The van der Waals surface area contributed by atoms with Crippen LogP contribution in [0.1, 0.15) is 39.3 Å². The van der Waals surface area contributed by atoms with E-state index >= 15 is 0 Å². The van der Waals surface area contributed by atoms with Gasteiger partial charge in [0.1, 0.15) is 5.82 Å². The third kappa shape index (κ3) is 5.69. The van der Waals surface area contributed by atoms with E-state index in [9.17, 15) is 14.0 Å². The normalized spacial score (nSPS) is 15.6. The van der Waals surface area contributed by atoms with Crippen molar-refractivity contribution in [3.05, 3.63) is 77.4 Å². The number of hydrogen-bond acceptors (Lipinski definition) is 6. The summed E-state index contributed by atoms with van der Waals surface area (Å²) in [5.74, 6) is -0.975. The van der Waals surface area contributed by atoms with Crippen molar-refractivity contribution in [2.24, 2.45) is 0 Å². The first-order valence-corrected chi connectivity index (χ1v) is 10.8. The summed E-state index contributed by atoms with van der Waals surface area (Å²) >= 11 is 0. The van der Waals surface area contributed by atoms with E-state index in [0.717, 1.165) is 30.5 Å². The first-order valence-electron chi connectivity index (χ1n) is 10.8. The van der Waals surface area contributed by atoms with Crippen molar-refractivity contribution in [2.45, 2.75) is 25.4 Å². The highest BCUT2D eigenvalue weighted by molar-refractivity contribution is 5.97. The van der Waals surface area contributed by atoms with Crippen LogP contribution in [-0.4, -0.2) is 40.9 Å². The van der Waals surface area contributed by atoms with Crippen LogP contribution in [0.2, 0.25) is 0 Å². The molecular weight excluding hydrogens is 423 g/mol. The molecule has 8 nitrogen and oxygen atoms in total. The number of aromatic nitrogens is 2. The zero-order valence-electron chi connectivity index (χ0n) is 18.0. The molecule has 3 aromatic rings. The van der Waals surface area contributed by atoms with Crippen molar-refractivity contribution in [3.8, 4) is 11.3 Å². The molecule has 33 heavy (non-hydrogen) atoms. The Balaban J connectivity index is 1.46. The Kier molecular flexibility index (Phi) is 6.89. The second-order valence-corrected chi connectivity index (χ2v) is 7.90. The molecule has 0 aliphatic carbocycles. The third-order valence-corrected chi connectivity index (χ3v) is 5.43. The maximum Gasteiger partial charge on any atom is 0.274 e. The van der Waals surface area contributed by atoms with Gasteiger partial charge >= 0.3 is 0 Å². The van der Waals surface area contributed by atoms with Crippen molar-refractivity contribution in [1.82, 2.24) is 25.9 Å². The van der Waals surface area contributed by atoms with Crippen LogP contribution in [0.15, 0.2) is 54.7 Å². The number of nitrogens with one attached hydrogen (secondary N) is 3. The number of nitrogen functional groups attached to an aromatic ring is 1. The predicted octanol–water partition coefficient (Wildman–Crippen LogP) is 2.28. The highest BCUT2D eigenvalue weighted by Gasteiger charge is 2.20. The quantitative estimate of drug-likeness (QED) is 0.459. The topological polar surface area (TPSA) is 122 Å². The molecule has 1 fully saturated rings. The third-order valence-electron chi connectivity index (χ3n) is 5.43. The Morgan fingerprint density at radius 3 is 2.73 bits per heavy atom. The average molecular weight is 449 g/mol. The van der Waals surface area contributed by atoms with E-state index in [1.165, 1.54) is 30.5 Å². The standard InChI is InChI=1S/C24H25FN6O2/c25-18-8-6-16(7-9-18)23(32)29-12-15-3-1-4-17(11-15)20-14-28-22(26)21(31-20)24(33)30-19-5-2-10-27-13-19/h1,3-4,6-9,11,14,19,27H,2,5,10,12-13H2,(H2,26,28)(H,29,32)(H,30,33). The van der Waals surface area contributed by atoms with Gasteiger partial charge in [-0.3, -0.25) is 9.59 Å². The number of nitrogens with zero attached hydrogens (tertiary/aromatic N) is 2. The summed E-state index contributed by atoms with van der Waals surface area (Å²) in [5, 5.41) is 9.03. The number of carbonyl (C=O) groups is 2. The Labute approximate surface area is 190 Å². The number of hydrogen-bond donors (Lipinski definition) is 4. The molecule has 4 rings (SSSR count). The molecule has 5 N–H and O–H groups in total. The van der Waals surface area contributed by atoms with Crippen LogP contribution in [0, 0.1) is 5.82 Å². The number of nitrogens with two attached hydrogens (primary N) is 1. The van der Waals surface area contributed by atoms with E-state index in [1.54, 1.807) is 0 Å². The molecule has 0 saturated carbocycles. The zero-order valence-corrected chi connectivity index (χ0v) is 18.0. The van der Waals surface area contributed by atoms with Crippen molar-refractivity contribution in [3.63, 3.8) is 0 Å². The van der Waals surface area contributed by atoms with Gasteiger partial charge in [0.2, 0.25) is 0 Å². The molecule has 1 aliphatic rings. The molecule has 1 aliphatic heterocycles. The van der Waals surface area contributed by atoms with Crippen LogP contribution in [0.5, 0.6) is 0 Å². The van der Waals surface area contributed by atoms with Gasteiger partial charge in [-0.1, -0.05) is 18.2 Å². The van der Waals surface area contributed by atoms with E-state index in [1.807, 2.05) is 24.3 Å². The number of rotatable bonds is 6. The van der Waals surface area contributed by atoms with Gasteiger partial charge < -0.3 is 21.7 Å². The monoisotopic (exact) mass is 448 g/mol. The molecule has 1 unspecified atom stereocenters. The van der Waals surface area contributed by atoms with Crippen LogP contribution in [-0.2, 0) is 6.54 Å². The van der Waals surface area contributed by atoms with Crippen LogP contribution < -0.4 is 21.7 Å². The molecule has 2 heterocycles. The summed E-state index contributed by atoms with van der Waals surface area (Å²) in [4.78, 5) is 33.6. The van der Waals surface area contributed by atoms with Gasteiger partial charge in [0, 0.05) is 30.3 Å². The summed E-state index contributed by atoms with van der Waals surface area (Å²) in [7, 11) is 0. The Hall–Kier alpha value is -3.85. The Morgan fingerprint density at radius 1 is 1.15 bits per heavy atom. The van der Waals surface area contributed by atoms with E-state index in [4.69, 9.17) is 5.73 Å². The first-order chi connectivity index (χ1) is 16.0. The maximum atomic E-state index is 13.0. The van der Waals surface area contributed by atoms with Gasteiger partial charge in [-0.25, -0.2) is 14.4 Å². The molecule has 0 spiro atoms. The molecule has 1 saturated heterocycles. The van der Waals surface area contributed by atoms with Crippen molar-refractivity contribution in [1.29, 1.82) is 0 Å². The Morgan fingerprint density at radius 2 is 1.97 bits per heavy atom. The van der Waals surface area contributed by atoms with Crippen LogP contribution in [0.25, 0.3) is 11.3 Å². The number of halogens is 1. The summed E-state index contributed by atoms with van der Waals surface area (Å²) in [6.45, 7) is 1.93. The van der Waals surface area contributed by atoms with Crippen LogP contribution in [0.4, 0.5) is 10.2 Å². The van der Waals surface area contributed by atoms with E-state index in [-0.39, 0.29) is 35.9 Å². The number of amides is 2. The fourth-order valence-corrected chi connectivity index (χ4v) is 3.66. The summed E-state index contributed by atoms with van der Waals surface area (Å²) in [6.07, 6.45) is 3.42. The lowest BCUT2D eigenvalue weighted by atomic mass is 10.1. The second kappa shape index (κ2) is 10.2. The Bertz CT molecular complexity index is 1150. The van der Waals surface area contributed by atoms with Gasteiger partial charge in [-0.15, -0.1) is 0 Å². The lowest BCUT2D eigenvalue weighted by molar-refractivity contribution is 0.0924. The fourth-order valence-electron chi connectivity index (χ4n) is 3.66. The van der Waals surface area contributed by atoms with Gasteiger partial charge in [0.05, 0.1) is 11.9 Å². The molecule has 9 heteroatoms. The van der Waals surface area contributed by atoms with E-state index in [2.05, 4.69) is 25.9 Å². The fraction of sp³-hybridized carbons (Fsp3) is 0.250. The van der Waals surface area contributed by atoms with Crippen LogP contribution in [0.3, 0.4) is 0 Å². The minimum Gasteiger partial charge on any atom is -0.382 e. The predicted molar refractivity (Wildman–Crippen MR) is 123 cm³/mol. The van der Waals surface area contributed by atoms with Crippen molar-refractivity contribution in [2.75, 3.05) is 18.8 Å². The van der Waals surface area contributed by atoms with Gasteiger partial charge in [-0.2, -0.15) is 0 Å². The number of anilines is 1. The largest absolute Gasteiger partial charge is 0.382 e. The molecule has 170 valence electrons. The maximum absolute atomic E-state index is 13.0. The van der Waals surface area contributed by atoms with Crippen molar-refractivity contribution < 1.29 is 14.0 Å². The lowest BCUT2D eigenvalue weighted by Crippen LogP contribution is -2.46. The number of piperidine rings is 1. The first kappa shape index (κ1) is 22.3. The minimum atomic E-state index is -0.396. The molecular formula is C24H25FN6O2. The summed E-state index contributed by atoms with van der Waals surface area (Å²) < 4.78 is 13.0. The minimum absolute atomic E-state index is 0.0316. The van der Waals surface area contributed by atoms with E-state index in [0.29, 0.717) is 17.8 Å². The number of carbonyl (C=O) groups excluding carboxylic acids is 2. The zero-order chi connectivity index (χ0) is 23.2. The van der Waals surface area contributed by atoms with E-state index < -0.39 is 5.82 Å². The van der Waals surface area contributed by atoms with Crippen LogP contribution >= 0.6 is 0 Å². The number of benzene rings is 2. The SMILES string of the molecule is Nc1ncc(-c2cccc(CNC(=O)c3ccc(F)cc3)c2)nc1C(=O)NC1CCCNC1. The van der Waals surface area contributed by atoms with Gasteiger partial charge in [0.15, 0.2) is 11.5 Å². The van der Waals surface area contributed by atoms with Gasteiger partial charge in [0.25, 0.3) is 11.8 Å². The second-order valence-electron chi connectivity index (χ2n) is 7.90. The summed E-state index contributed by atoms with van der Waals surface area (Å²) in [5.41, 5.74) is 8.47. The highest BCUT2D eigenvalue weighted by Crippen LogP contribution is 2.20. The smallest absolute Gasteiger partial charge is 0.274 e. The van der Waals surface area contributed by atoms with Gasteiger partial charge in [-0.05, 0) is 55.3 Å². The lowest BCUT2D eigenvalue weighted by Gasteiger charge is -2.23. The molecule has 1 aromatic heterocycles. The highest BCUT2D eigenvalue weighted by atomic mass is 19.1. The van der Waals surface area contributed by atoms with Crippen molar-refractivity contribution >= 4 is 17.6 Å². The molecule has 2 aromatic carbocycles. The molecule has 1 atom stereocenters. The molecule has 0 radical (unpaired) electrons. The molecule has 2 amide bonds. The average Bonchev–Trinajstić information content (AvgIpc) is 2.84. The molecule has 0 bridgehead atoms. The summed E-state index contributed by atoms with van der Waals surface area (Å²) in [6, 6.07) is 12.8.